The summed E-state index contributed by atoms with van der Waals surface area (Å²) in [6, 6.07) is 34.0. The third kappa shape index (κ3) is 2.93. The SMILES string of the molecule is CC1(C)c2ccccc2-c2cc3c4ccccc4n(-c4c[c-]c(-c5ccccn5)s4)c3cc21.[Ir]. The second-order valence-corrected chi connectivity index (χ2v) is 10.2. The van der Waals surface area contributed by atoms with E-state index >= 15 is 0 Å². The van der Waals surface area contributed by atoms with E-state index < -0.39 is 0 Å². The van der Waals surface area contributed by atoms with E-state index in [0.29, 0.717) is 0 Å². The minimum atomic E-state index is -0.0257. The van der Waals surface area contributed by atoms with Gasteiger partial charge in [0.05, 0.1) is 0 Å². The van der Waals surface area contributed by atoms with Crippen LogP contribution in [0.15, 0.2) is 91.1 Å². The van der Waals surface area contributed by atoms with Crippen LogP contribution in [0.1, 0.15) is 25.0 Å². The number of rotatable bonds is 2. The summed E-state index contributed by atoms with van der Waals surface area (Å²) in [4.78, 5) is 5.59. The molecular formula is C30H21IrN2S-. The molecule has 0 spiro atoms. The molecule has 2 nitrogen and oxygen atoms in total. The first-order chi connectivity index (χ1) is 16.1. The van der Waals surface area contributed by atoms with Crippen LogP contribution in [-0.4, -0.2) is 9.55 Å². The first-order valence-corrected chi connectivity index (χ1v) is 12.1. The molecule has 1 aliphatic carbocycles. The molecule has 0 saturated carbocycles. The molecule has 3 aromatic carbocycles. The predicted molar refractivity (Wildman–Crippen MR) is 138 cm³/mol. The van der Waals surface area contributed by atoms with E-state index in [1.807, 2.05) is 24.4 Å². The zero-order chi connectivity index (χ0) is 22.2. The molecule has 1 aliphatic rings. The molecule has 167 valence electrons. The second-order valence-electron chi connectivity index (χ2n) is 9.21. The quantitative estimate of drug-likeness (QED) is 0.177. The van der Waals surface area contributed by atoms with Gasteiger partial charge in [-0.15, -0.1) is 6.07 Å². The fourth-order valence-corrected chi connectivity index (χ4v) is 6.38. The first-order valence-electron chi connectivity index (χ1n) is 11.2. The van der Waals surface area contributed by atoms with Gasteiger partial charge in [-0.05, 0) is 57.2 Å². The average molecular weight is 634 g/mol. The fraction of sp³-hybridized carbons (Fsp3) is 0.100. The van der Waals surface area contributed by atoms with E-state index in [2.05, 4.69) is 96.2 Å². The van der Waals surface area contributed by atoms with Crippen molar-refractivity contribution in [2.45, 2.75) is 19.3 Å². The third-order valence-corrected chi connectivity index (χ3v) is 8.07. The minimum absolute atomic E-state index is 0. The van der Waals surface area contributed by atoms with Gasteiger partial charge in [-0.2, -0.15) is 6.07 Å². The molecule has 1 radical (unpaired) electrons. The number of thiophene rings is 1. The Balaban J connectivity index is 0.00000217. The molecule has 0 bridgehead atoms. The Morgan fingerprint density at radius 2 is 1.59 bits per heavy atom. The van der Waals surface area contributed by atoms with Crippen molar-refractivity contribution < 1.29 is 20.1 Å². The molecule has 0 amide bonds. The molecule has 0 fully saturated rings. The molecule has 0 atom stereocenters. The summed E-state index contributed by atoms with van der Waals surface area (Å²) in [6.07, 6.45) is 1.84. The van der Waals surface area contributed by atoms with Crippen LogP contribution < -0.4 is 0 Å². The maximum atomic E-state index is 4.53. The minimum Gasteiger partial charge on any atom is -0.354 e. The fourth-order valence-electron chi connectivity index (χ4n) is 5.42. The van der Waals surface area contributed by atoms with E-state index in [0.717, 1.165) is 15.6 Å². The molecule has 7 rings (SSSR count). The maximum absolute atomic E-state index is 4.53. The summed E-state index contributed by atoms with van der Waals surface area (Å²) in [6.45, 7) is 4.68. The molecule has 0 saturated heterocycles. The van der Waals surface area contributed by atoms with Crippen LogP contribution in [-0.2, 0) is 25.5 Å². The molecule has 0 unspecified atom stereocenters. The van der Waals surface area contributed by atoms with Gasteiger partial charge in [0.25, 0.3) is 0 Å². The number of benzene rings is 3. The van der Waals surface area contributed by atoms with Crippen LogP contribution in [0.25, 0.3) is 48.5 Å². The first kappa shape index (κ1) is 21.5. The summed E-state index contributed by atoms with van der Waals surface area (Å²) in [5, 5.41) is 3.74. The number of hydrogen-bond acceptors (Lipinski definition) is 2. The number of hydrogen-bond donors (Lipinski definition) is 0. The summed E-state index contributed by atoms with van der Waals surface area (Å²) >= 11 is 1.74. The Hall–Kier alpha value is -3.04. The van der Waals surface area contributed by atoms with Gasteiger partial charge in [-0.3, -0.25) is 0 Å². The van der Waals surface area contributed by atoms with Crippen LogP contribution in [0.3, 0.4) is 0 Å². The topological polar surface area (TPSA) is 17.8 Å². The molecule has 4 heteroatoms. The van der Waals surface area contributed by atoms with Crippen molar-refractivity contribution in [3.05, 3.63) is 108 Å². The Bertz CT molecular complexity index is 1690. The van der Waals surface area contributed by atoms with Crippen LogP contribution >= 0.6 is 11.3 Å². The van der Waals surface area contributed by atoms with Crippen LogP contribution in [0.4, 0.5) is 0 Å². The van der Waals surface area contributed by atoms with Gasteiger partial charge in [0.1, 0.15) is 0 Å². The van der Waals surface area contributed by atoms with Crippen LogP contribution in [0.2, 0.25) is 0 Å². The Morgan fingerprint density at radius 1 is 0.794 bits per heavy atom. The molecular weight excluding hydrogens is 613 g/mol. The van der Waals surface area contributed by atoms with Gasteiger partial charge in [0.2, 0.25) is 0 Å². The van der Waals surface area contributed by atoms with Gasteiger partial charge < -0.3 is 9.55 Å². The number of aromatic nitrogens is 2. The van der Waals surface area contributed by atoms with Crippen molar-refractivity contribution in [2.24, 2.45) is 0 Å². The molecule has 34 heavy (non-hydrogen) atoms. The van der Waals surface area contributed by atoms with Gasteiger partial charge in [-0.1, -0.05) is 73.3 Å². The molecule has 3 heterocycles. The monoisotopic (exact) mass is 634 g/mol. The molecule has 3 aromatic heterocycles. The maximum Gasteiger partial charge on any atom is 0.0435 e. The molecule has 0 aliphatic heterocycles. The van der Waals surface area contributed by atoms with Crippen LogP contribution in [0.5, 0.6) is 0 Å². The second kappa shape index (κ2) is 7.74. The zero-order valence-corrected chi connectivity index (χ0v) is 22.0. The van der Waals surface area contributed by atoms with Crippen molar-refractivity contribution in [3.63, 3.8) is 0 Å². The van der Waals surface area contributed by atoms with E-state index in [4.69, 9.17) is 0 Å². The number of para-hydroxylation sites is 1. The standard InChI is InChI=1S/C30H21N2S.Ir/c1-30(2)23-11-5-3-9-19(23)21-17-22-20-10-4-6-13-26(20)32(27(22)18-24(21)30)29-15-14-28(33-29)25-12-7-8-16-31-25;/h3-13,15-18H,1-2H3;/q-1;. The number of pyridine rings is 1. The summed E-state index contributed by atoms with van der Waals surface area (Å²) < 4.78 is 2.40. The van der Waals surface area contributed by atoms with Crippen molar-refractivity contribution in [1.82, 2.24) is 9.55 Å². The van der Waals surface area contributed by atoms with Crippen LogP contribution in [0, 0.1) is 6.07 Å². The number of nitrogens with zero attached hydrogens (tertiary/aromatic N) is 2. The van der Waals surface area contributed by atoms with Crippen molar-refractivity contribution in [1.29, 1.82) is 0 Å². The molecule has 6 aromatic rings. The van der Waals surface area contributed by atoms with Gasteiger partial charge >= 0.3 is 0 Å². The van der Waals surface area contributed by atoms with Gasteiger partial charge in [-0.25, -0.2) is 11.3 Å². The van der Waals surface area contributed by atoms with E-state index in [1.54, 1.807) is 11.3 Å². The Kier molecular flexibility index (Phi) is 4.89. The Morgan fingerprint density at radius 3 is 2.44 bits per heavy atom. The average Bonchev–Trinajstić information content (AvgIpc) is 3.51. The van der Waals surface area contributed by atoms with E-state index in [9.17, 15) is 0 Å². The normalized spacial score (nSPS) is 13.6. The van der Waals surface area contributed by atoms with E-state index in [-0.39, 0.29) is 25.5 Å². The zero-order valence-electron chi connectivity index (χ0n) is 18.8. The summed E-state index contributed by atoms with van der Waals surface area (Å²) in [7, 11) is 0. The van der Waals surface area contributed by atoms with Crippen molar-refractivity contribution in [3.8, 4) is 26.7 Å². The smallest absolute Gasteiger partial charge is 0.0435 e. The van der Waals surface area contributed by atoms with Gasteiger partial charge in [0, 0.05) is 53.5 Å². The largest absolute Gasteiger partial charge is 0.354 e. The van der Waals surface area contributed by atoms with E-state index in [1.165, 1.54) is 44.1 Å². The van der Waals surface area contributed by atoms with Gasteiger partial charge in [0.15, 0.2) is 0 Å². The predicted octanol–water partition coefficient (Wildman–Crippen LogP) is 8.01. The Labute approximate surface area is 216 Å². The molecule has 0 N–H and O–H groups in total. The van der Waals surface area contributed by atoms with Crippen molar-refractivity contribution >= 4 is 33.1 Å². The van der Waals surface area contributed by atoms with Crippen molar-refractivity contribution in [2.75, 3.05) is 0 Å². The summed E-state index contributed by atoms with van der Waals surface area (Å²) in [5.41, 5.74) is 8.94. The summed E-state index contributed by atoms with van der Waals surface area (Å²) in [5.74, 6) is 0. The number of fused-ring (bicyclic) bond motifs is 6. The third-order valence-electron chi connectivity index (χ3n) is 7.03.